The second-order valence-corrected chi connectivity index (χ2v) is 6.60. The van der Waals surface area contributed by atoms with Crippen LogP contribution in [0.4, 0.5) is 4.79 Å². The Morgan fingerprint density at radius 2 is 1.83 bits per heavy atom. The predicted molar refractivity (Wildman–Crippen MR) is 89.8 cm³/mol. The highest BCUT2D eigenvalue weighted by Crippen LogP contribution is 2.11. The molecule has 0 unspecified atom stereocenters. The molecule has 0 bridgehead atoms. The number of carbonyl (C=O) groups is 2. The van der Waals surface area contributed by atoms with Gasteiger partial charge >= 0.3 is 12.1 Å². The number of amides is 1. The van der Waals surface area contributed by atoms with Gasteiger partial charge in [-0.05, 0) is 57.7 Å². The van der Waals surface area contributed by atoms with E-state index in [-0.39, 0.29) is 6.09 Å². The third kappa shape index (κ3) is 8.86. The molecule has 1 rings (SSSR count). The summed E-state index contributed by atoms with van der Waals surface area (Å²) in [7, 11) is 0. The Labute approximate surface area is 138 Å². The predicted octanol–water partition coefficient (Wildman–Crippen LogP) is 4.01. The van der Waals surface area contributed by atoms with Crippen LogP contribution in [0.3, 0.4) is 0 Å². The number of alkyl carbamates (subject to hydrolysis) is 1. The molecule has 1 aromatic rings. The number of ether oxygens (including phenoxy) is 1. The number of nitrogens with one attached hydrogen (secondary N) is 1. The van der Waals surface area contributed by atoms with Crippen molar-refractivity contribution in [1.29, 1.82) is 0 Å². The number of carboxylic acids is 1. The van der Waals surface area contributed by atoms with Gasteiger partial charge in [0.15, 0.2) is 0 Å². The molecular weight excluding hydrogens is 294 g/mol. The molecule has 0 heterocycles. The van der Waals surface area contributed by atoms with Gasteiger partial charge in [-0.1, -0.05) is 25.0 Å². The number of rotatable bonds is 8. The molecule has 0 radical (unpaired) electrons. The fraction of sp³-hybridized carbons (Fsp3) is 0.556. The molecule has 0 spiro atoms. The summed E-state index contributed by atoms with van der Waals surface area (Å²) in [5.74, 6) is -0.889. The van der Waals surface area contributed by atoms with Gasteiger partial charge in [0.25, 0.3) is 0 Å². The van der Waals surface area contributed by atoms with Crippen LogP contribution in [0.1, 0.15) is 62.4 Å². The van der Waals surface area contributed by atoms with Crippen LogP contribution in [0.25, 0.3) is 0 Å². The molecule has 0 aliphatic heterocycles. The van der Waals surface area contributed by atoms with Gasteiger partial charge in [0.2, 0.25) is 0 Å². The average Bonchev–Trinajstić information content (AvgIpc) is 2.44. The first-order chi connectivity index (χ1) is 10.8. The molecule has 0 fully saturated rings. The molecule has 5 heteroatoms. The average molecular weight is 321 g/mol. The second kappa shape index (κ2) is 9.18. The molecule has 5 nitrogen and oxygen atoms in total. The van der Waals surface area contributed by atoms with E-state index in [0.717, 1.165) is 37.7 Å². The number of hydrogen-bond acceptors (Lipinski definition) is 3. The maximum atomic E-state index is 11.4. The van der Waals surface area contributed by atoms with Gasteiger partial charge in [-0.2, -0.15) is 0 Å². The van der Waals surface area contributed by atoms with Gasteiger partial charge in [0.05, 0.1) is 5.56 Å². The Hall–Kier alpha value is -2.04. The van der Waals surface area contributed by atoms with E-state index >= 15 is 0 Å². The number of aromatic carboxylic acids is 1. The van der Waals surface area contributed by atoms with Gasteiger partial charge in [-0.3, -0.25) is 0 Å². The quantitative estimate of drug-likeness (QED) is 0.709. The fourth-order valence-electron chi connectivity index (χ4n) is 2.17. The Bertz CT molecular complexity index is 520. The Morgan fingerprint density at radius 1 is 1.13 bits per heavy atom. The molecule has 0 aromatic heterocycles. The summed E-state index contributed by atoms with van der Waals surface area (Å²) in [5, 5.41) is 11.7. The lowest BCUT2D eigenvalue weighted by molar-refractivity contribution is 0.0526. The Morgan fingerprint density at radius 3 is 2.48 bits per heavy atom. The molecule has 23 heavy (non-hydrogen) atoms. The number of hydrogen-bond donors (Lipinski definition) is 2. The fourth-order valence-corrected chi connectivity index (χ4v) is 2.17. The molecule has 1 amide bonds. The van der Waals surface area contributed by atoms with E-state index in [1.165, 1.54) is 0 Å². The van der Waals surface area contributed by atoms with Gasteiger partial charge < -0.3 is 15.2 Å². The molecule has 0 aliphatic rings. The third-order valence-corrected chi connectivity index (χ3v) is 3.23. The van der Waals surface area contributed by atoms with Crippen molar-refractivity contribution in [1.82, 2.24) is 5.32 Å². The highest BCUT2D eigenvalue weighted by atomic mass is 16.6. The van der Waals surface area contributed by atoms with Crippen molar-refractivity contribution in [2.24, 2.45) is 0 Å². The summed E-state index contributed by atoms with van der Waals surface area (Å²) in [6, 6.07) is 7.07. The van der Waals surface area contributed by atoms with Crippen molar-refractivity contribution in [3.63, 3.8) is 0 Å². The van der Waals surface area contributed by atoms with Crippen LogP contribution in [-0.2, 0) is 11.2 Å². The third-order valence-electron chi connectivity index (χ3n) is 3.23. The van der Waals surface area contributed by atoms with E-state index in [1.54, 1.807) is 18.2 Å². The van der Waals surface area contributed by atoms with Crippen molar-refractivity contribution >= 4 is 12.1 Å². The van der Waals surface area contributed by atoms with Crippen LogP contribution >= 0.6 is 0 Å². The molecule has 0 aliphatic carbocycles. The molecule has 1 aromatic carbocycles. The van der Waals surface area contributed by atoms with Crippen LogP contribution in [0.15, 0.2) is 24.3 Å². The first-order valence-corrected chi connectivity index (χ1v) is 8.07. The van der Waals surface area contributed by atoms with E-state index in [9.17, 15) is 9.59 Å². The van der Waals surface area contributed by atoms with Crippen LogP contribution in [0.2, 0.25) is 0 Å². The topological polar surface area (TPSA) is 75.6 Å². The van der Waals surface area contributed by atoms with Crippen LogP contribution in [0.5, 0.6) is 0 Å². The second-order valence-electron chi connectivity index (χ2n) is 6.60. The van der Waals surface area contributed by atoms with Gasteiger partial charge in [-0.25, -0.2) is 9.59 Å². The lowest BCUT2D eigenvalue weighted by atomic mass is 10.0. The zero-order valence-electron chi connectivity index (χ0n) is 14.2. The van der Waals surface area contributed by atoms with Crippen molar-refractivity contribution in [2.45, 2.75) is 58.5 Å². The zero-order chi connectivity index (χ0) is 17.3. The summed E-state index contributed by atoms with van der Waals surface area (Å²) >= 11 is 0. The lowest BCUT2D eigenvalue weighted by Gasteiger charge is -2.19. The van der Waals surface area contributed by atoms with E-state index in [1.807, 2.05) is 26.8 Å². The minimum Gasteiger partial charge on any atom is -0.478 e. The lowest BCUT2D eigenvalue weighted by Crippen LogP contribution is -2.32. The number of carboxylic acid groups (broad SMARTS) is 1. The van der Waals surface area contributed by atoms with Gasteiger partial charge in [-0.15, -0.1) is 0 Å². The molecule has 128 valence electrons. The maximum absolute atomic E-state index is 11.4. The molecular formula is C18H27NO4. The van der Waals surface area contributed by atoms with Crippen LogP contribution in [-0.4, -0.2) is 29.3 Å². The van der Waals surface area contributed by atoms with Crippen molar-refractivity contribution in [3.8, 4) is 0 Å². The summed E-state index contributed by atoms with van der Waals surface area (Å²) in [4.78, 5) is 22.3. The van der Waals surface area contributed by atoms with E-state index in [0.29, 0.717) is 12.1 Å². The smallest absolute Gasteiger partial charge is 0.407 e. The summed E-state index contributed by atoms with van der Waals surface area (Å²) in [5.41, 5.74) is 0.926. The minimum absolute atomic E-state index is 0.337. The number of benzene rings is 1. The highest BCUT2D eigenvalue weighted by molar-refractivity contribution is 5.87. The molecule has 0 atom stereocenters. The first kappa shape index (κ1) is 19.0. The van der Waals surface area contributed by atoms with Gasteiger partial charge in [0, 0.05) is 6.54 Å². The van der Waals surface area contributed by atoms with Crippen molar-refractivity contribution in [3.05, 3.63) is 35.4 Å². The minimum atomic E-state index is -0.889. The van der Waals surface area contributed by atoms with Gasteiger partial charge in [0.1, 0.15) is 5.60 Å². The Balaban J connectivity index is 2.11. The monoisotopic (exact) mass is 321 g/mol. The standard InChI is InChI=1S/C18H27NO4/c1-18(2,3)23-17(22)19-12-7-5-4-6-9-14-10-8-11-15(13-14)16(20)21/h8,10-11,13H,4-7,9,12H2,1-3H3,(H,19,22)(H,20,21). The van der Waals surface area contributed by atoms with E-state index in [2.05, 4.69) is 5.32 Å². The van der Waals surface area contributed by atoms with Crippen molar-refractivity contribution in [2.75, 3.05) is 6.54 Å². The zero-order valence-corrected chi connectivity index (χ0v) is 14.2. The number of unbranched alkanes of at least 4 members (excludes halogenated alkanes) is 3. The molecule has 0 saturated heterocycles. The molecule has 0 saturated carbocycles. The van der Waals surface area contributed by atoms with Crippen molar-refractivity contribution < 1.29 is 19.4 Å². The van der Waals surface area contributed by atoms with E-state index < -0.39 is 11.6 Å². The summed E-state index contributed by atoms with van der Waals surface area (Å²) in [6.45, 7) is 6.13. The van der Waals surface area contributed by atoms with Crippen LogP contribution in [0, 0.1) is 0 Å². The number of carbonyl (C=O) groups excluding carboxylic acids is 1. The van der Waals surface area contributed by atoms with E-state index in [4.69, 9.17) is 9.84 Å². The van der Waals surface area contributed by atoms with Crippen LogP contribution < -0.4 is 5.32 Å². The normalized spacial score (nSPS) is 11.1. The maximum Gasteiger partial charge on any atom is 0.407 e. The molecule has 2 N–H and O–H groups in total. The SMILES string of the molecule is CC(C)(C)OC(=O)NCCCCCCc1cccc(C(=O)O)c1. The first-order valence-electron chi connectivity index (χ1n) is 8.07. The number of aryl methyl sites for hydroxylation is 1. The highest BCUT2D eigenvalue weighted by Gasteiger charge is 2.15. The largest absolute Gasteiger partial charge is 0.478 e. The Kier molecular flexibility index (Phi) is 7.59. The summed E-state index contributed by atoms with van der Waals surface area (Å²) in [6.07, 6.45) is 4.50. The summed E-state index contributed by atoms with van der Waals surface area (Å²) < 4.78 is 5.16.